The fourth-order valence-electron chi connectivity index (χ4n) is 4.30. The minimum absolute atomic E-state index is 0.285. The van der Waals surface area contributed by atoms with Gasteiger partial charge in [0.25, 0.3) is 11.1 Å². The second-order valence-electron chi connectivity index (χ2n) is 8.20. The van der Waals surface area contributed by atoms with Crippen LogP contribution < -0.4 is 15.7 Å². The lowest BCUT2D eigenvalue weighted by atomic mass is 10.1. The first-order chi connectivity index (χ1) is 15.4. The molecule has 0 unspecified atom stereocenters. The third-order valence-corrected chi connectivity index (χ3v) is 7.16. The molecule has 160 valence electrons. The highest BCUT2D eigenvalue weighted by Gasteiger charge is 2.16. The van der Waals surface area contributed by atoms with Crippen LogP contribution in [0, 0.1) is 27.7 Å². The number of para-hydroxylation sites is 1. The second-order valence-corrected chi connectivity index (χ2v) is 9.21. The van der Waals surface area contributed by atoms with E-state index >= 15 is 0 Å². The Bertz CT molecular complexity index is 1670. The Labute approximate surface area is 188 Å². The van der Waals surface area contributed by atoms with Crippen molar-refractivity contribution in [1.82, 2.24) is 14.0 Å². The van der Waals surface area contributed by atoms with Gasteiger partial charge in [-0.1, -0.05) is 59.9 Å². The lowest BCUT2D eigenvalue weighted by Crippen LogP contribution is -2.32. The summed E-state index contributed by atoms with van der Waals surface area (Å²) in [5.41, 5.74) is 6.24. The number of nitrogens with zero attached hydrogens (tertiary/aromatic N) is 3. The quantitative estimate of drug-likeness (QED) is 0.427. The van der Waals surface area contributed by atoms with Crippen LogP contribution in [0.5, 0.6) is 0 Å². The van der Waals surface area contributed by atoms with Crippen LogP contribution in [-0.4, -0.2) is 14.0 Å². The zero-order chi connectivity index (χ0) is 22.6. The maximum Gasteiger partial charge on any atom is 0.277 e. The Balaban J connectivity index is 1.80. The highest BCUT2D eigenvalue weighted by Crippen LogP contribution is 2.30. The molecule has 0 bridgehead atoms. The van der Waals surface area contributed by atoms with Crippen LogP contribution in [-0.2, 0) is 6.54 Å². The Morgan fingerprint density at radius 3 is 2.44 bits per heavy atom. The molecular formula is C26H23N3O2S. The van der Waals surface area contributed by atoms with Gasteiger partial charge in [-0.15, -0.1) is 0 Å². The number of hydrogen-bond acceptors (Lipinski definition) is 4. The molecule has 5 nitrogen and oxygen atoms in total. The molecule has 0 spiro atoms. The van der Waals surface area contributed by atoms with Crippen molar-refractivity contribution in [3.63, 3.8) is 0 Å². The van der Waals surface area contributed by atoms with E-state index in [9.17, 15) is 9.59 Å². The molecule has 32 heavy (non-hydrogen) atoms. The van der Waals surface area contributed by atoms with Crippen molar-refractivity contribution in [2.45, 2.75) is 34.2 Å². The maximum absolute atomic E-state index is 13.1. The van der Waals surface area contributed by atoms with Crippen LogP contribution in [0.25, 0.3) is 21.9 Å². The molecule has 0 aliphatic heterocycles. The summed E-state index contributed by atoms with van der Waals surface area (Å²) in [5, 5.41) is 1.10. The first-order valence-electron chi connectivity index (χ1n) is 10.5. The van der Waals surface area contributed by atoms with Crippen molar-refractivity contribution in [3.8, 4) is 0 Å². The van der Waals surface area contributed by atoms with Gasteiger partial charge in [-0.25, -0.2) is 9.38 Å². The van der Waals surface area contributed by atoms with Crippen LogP contribution >= 0.6 is 11.3 Å². The van der Waals surface area contributed by atoms with Gasteiger partial charge in [-0.3, -0.25) is 9.59 Å². The van der Waals surface area contributed by atoms with Crippen molar-refractivity contribution < 1.29 is 0 Å². The number of thiazole rings is 1. The van der Waals surface area contributed by atoms with E-state index in [0.717, 1.165) is 28.7 Å². The van der Waals surface area contributed by atoms with Crippen molar-refractivity contribution in [1.29, 1.82) is 0 Å². The average Bonchev–Trinajstić information content (AvgIpc) is 3.23. The number of benzene rings is 2. The van der Waals surface area contributed by atoms with Gasteiger partial charge in [-0.05, 0) is 44.9 Å². The van der Waals surface area contributed by atoms with Crippen LogP contribution in [0.4, 0.5) is 0 Å². The highest BCUT2D eigenvalue weighted by atomic mass is 32.1. The van der Waals surface area contributed by atoms with Gasteiger partial charge in [0.05, 0.1) is 10.0 Å². The molecule has 5 rings (SSSR count). The molecule has 3 aromatic heterocycles. The number of rotatable bonds is 3. The molecule has 0 saturated heterocycles. The topological polar surface area (TPSA) is 56.4 Å². The van der Waals surface area contributed by atoms with Gasteiger partial charge in [0, 0.05) is 34.4 Å². The smallest absolute Gasteiger partial charge is 0.277 e. The number of aromatic nitrogens is 3. The zero-order valence-corrected chi connectivity index (χ0v) is 19.3. The monoisotopic (exact) mass is 441 g/mol. The van der Waals surface area contributed by atoms with Gasteiger partial charge in [-0.2, -0.15) is 0 Å². The molecule has 6 heteroatoms. The zero-order valence-electron chi connectivity index (χ0n) is 18.5. The first-order valence-corrected chi connectivity index (χ1v) is 11.4. The van der Waals surface area contributed by atoms with Gasteiger partial charge < -0.3 is 4.57 Å². The molecule has 0 N–H and O–H groups in total. The van der Waals surface area contributed by atoms with Gasteiger partial charge >= 0.3 is 0 Å². The third-order valence-electron chi connectivity index (χ3n) is 6.19. The third kappa shape index (κ3) is 3.10. The van der Waals surface area contributed by atoms with Crippen molar-refractivity contribution in [3.05, 3.63) is 107 Å². The second kappa shape index (κ2) is 7.57. The standard InChI is InChI=1S/C26H23N3O2S/c1-15-9-8-12-20-21(18(4)28(23(15)20)14-19-10-6-5-7-11-19)13-22-25(31)29-24(30)16(2)17(3)27-26(29)32-22/h5-13H,14H2,1-4H3/b22-13-. The summed E-state index contributed by atoms with van der Waals surface area (Å²) in [6.07, 6.45) is 1.92. The van der Waals surface area contributed by atoms with E-state index in [2.05, 4.69) is 47.7 Å². The Kier molecular flexibility index (Phi) is 4.82. The van der Waals surface area contributed by atoms with Crippen LogP contribution in [0.1, 0.15) is 33.6 Å². The van der Waals surface area contributed by atoms with Gasteiger partial charge in [0.15, 0.2) is 0 Å². The van der Waals surface area contributed by atoms with E-state index in [0.29, 0.717) is 20.8 Å². The van der Waals surface area contributed by atoms with E-state index in [1.165, 1.54) is 26.9 Å². The molecule has 0 amide bonds. The Morgan fingerprint density at radius 2 is 1.69 bits per heavy atom. The molecule has 5 aromatic rings. The summed E-state index contributed by atoms with van der Waals surface area (Å²) in [6, 6.07) is 16.6. The Hall–Kier alpha value is -3.51. The maximum atomic E-state index is 13.1. The summed E-state index contributed by atoms with van der Waals surface area (Å²) < 4.78 is 4.02. The molecule has 0 radical (unpaired) electrons. The van der Waals surface area contributed by atoms with E-state index in [4.69, 9.17) is 0 Å². The molecule has 0 aliphatic rings. The molecular weight excluding hydrogens is 418 g/mol. The molecule has 0 fully saturated rings. The van der Waals surface area contributed by atoms with Crippen LogP contribution in [0.3, 0.4) is 0 Å². The van der Waals surface area contributed by atoms with E-state index in [-0.39, 0.29) is 11.1 Å². The molecule has 0 saturated carbocycles. The number of fused-ring (bicyclic) bond motifs is 2. The first kappa shape index (κ1) is 20.4. The number of aryl methyl sites for hydroxylation is 2. The SMILES string of the molecule is Cc1nc2s/c(=C\c3c(C)n(Cc4ccccc4)c4c(C)cccc34)c(=O)n2c(=O)c1C. The summed E-state index contributed by atoms with van der Waals surface area (Å²) in [4.78, 5) is 30.7. The highest BCUT2D eigenvalue weighted by molar-refractivity contribution is 7.15. The minimum Gasteiger partial charge on any atom is -0.340 e. The van der Waals surface area contributed by atoms with Crippen LogP contribution in [0.2, 0.25) is 0 Å². The fraction of sp³-hybridized carbons (Fsp3) is 0.192. The lowest BCUT2D eigenvalue weighted by molar-refractivity contribution is 0.801. The summed E-state index contributed by atoms with van der Waals surface area (Å²) in [7, 11) is 0. The summed E-state index contributed by atoms with van der Waals surface area (Å²) in [5.74, 6) is 0. The molecule has 3 heterocycles. The number of hydrogen-bond donors (Lipinski definition) is 0. The van der Waals surface area contributed by atoms with E-state index in [1.807, 2.05) is 30.3 Å². The predicted octanol–water partition coefficient (Wildman–Crippen LogP) is 3.90. The van der Waals surface area contributed by atoms with Crippen molar-refractivity contribution in [2.24, 2.45) is 0 Å². The lowest BCUT2D eigenvalue weighted by Gasteiger charge is -2.10. The Morgan fingerprint density at radius 1 is 0.938 bits per heavy atom. The average molecular weight is 442 g/mol. The van der Waals surface area contributed by atoms with Crippen LogP contribution in [0.15, 0.2) is 58.1 Å². The van der Waals surface area contributed by atoms with Gasteiger partial charge in [0.1, 0.15) is 0 Å². The van der Waals surface area contributed by atoms with Crippen molar-refractivity contribution >= 4 is 33.3 Å². The summed E-state index contributed by atoms with van der Waals surface area (Å²) in [6.45, 7) is 8.46. The van der Waals surface area contributed by atoms with E-state index in [1.54, 1.807) is 13.8 Å². The minimum atomic E-state index is -0.304. The molecule has 0 atom stereocenters. The molecule has 2 aromatic carbocycles. The summed E-state index contributed by atoms with van der Waals surface area (Å²) >= 11 is 1.27. The molecule has 0 aliphatic carbocycles. The predicted molar refractivity (Wildman–Crippen MR) is 131 cm³/mol. The van der Waals surface area contributed by atoms with Gasteiger partial charge in [0.2, 0.25) is 4.96 Å². The van der Waals surface area contributed by atoms with E-state index < -0.39 is 0 Å². The normalized spacial score (nSPS) is 12.3. The fourth-order valence-corrected chi connectivity index (χ4v) is 5.29. The van der Waals surface area contributed by atoms with Crippen molar-refractivity contribution in [2.75, 3.05) is 0 Å². The largest absolute Gasteiger partial charge is 0.340 e.